The van der Waals surface area contributed by atoms with E-state index in [0.29, 0.717) is 35.0 Å². The average molecular weight is 352 g/mol. The van der Waals surface area contributed by atoms with Crippen LogP contribution in [0.25, 0.3) is 0 Å². The van der Waals surface area contributed by atoms with E-state index in [9.17, 15) is 14.4 Å². The third-order valence-electron chi connectivity index (χ3n) is 3.98. The van der Waals surface area contributed by atoms with Gasteiger partial charge in [-0.25, -0.2) is 4.79 Å². The normalized spacial score (nSPS) is 13.0. The Morgan fingerprint density at radius 1 is 0.885 bits per heavy atom. The Morgan fingerprint density at radius 2 is 1.42 bits per heavy atom. The Kier molecular flexibility index (Phi) is 5.31. The van der Waals surface area contributed by atoms with Crippen molar-refractivity contribution in [1.29, 1.82) is 0 Å². The van der Waals surface area contributed by atoms with Crippen molar-refractivity contribution < 1.29 is 19.1 Å². The maximum absolute atomic E-state index is 12.3. The van der Waals surface area contributed by atoms with Crippen LogP contribution in [0.4, 0.5) is 5.69 Å². The van der Waals surface area contributed by atoms with Crippen LogP contribution in [-0.4, -0.2) is 30.4 Å². The Morgan fingerprint density at radius 3 is 1.96 bits per heavy atom. The molecule has 1 fully saturated rings. The van der Waals surface area contributed by atoms with Crippen LogP contribution in [-0.2, 0) is 4.74 Å². The maximum Gasteiger partial charge on any atom is 0.338 e. The summed E-state index contributed by atoms with van der Waals surface area (Å²) in [5.41, 5.74) is 1.98. The number of ether oxygens (including phenoxy) is 1. The molecule has 6 heteroatoms. The highest BCUT2D eigenvalue weighted by molar-refractivity contribution is 6.05. The van der Waals surface area contributed by atoms with Gasteiger partial charge < -0.3 is 15.4 Å². The minimum absolute atomic E-state index is 0.117. The van der Waals surface area contributed by atoms with Crippen LogP contribution in [0.15, 0.2) is 48.5 Å². The van der Waals surface area contributed by atoms with Crippen LogP contribution in [0.2, 0.25) is 0 Å². The summed E-state index contributed by atoms with van der Waals surface area (Å²) in [6.07, 6.45) is 2.06. The summed E-state index contributed by atoms with van der Waals surface area (Å²) in [5.74, 6) is -0.803. The summed E-state index contributed by atoms with van der Waals surface area (Å²) in [7, 11) is 0. The fraction of sp³-hybridized carbons (Fsp3) is 0.250. The van der Waals surface area contributed by atoms with Gasteiger partial charge in [0.15, 0.2) is 0 Å². The van der Waals surface area contributed by atoms with Crippen molar-refractivity contribution in [1.82, 2.24) is 5.32 Å². The van der Waals surface area contributed by atoms with Gasteiger partial charge in [0.2, 0.25) is 0 Å². The number of rotatable bonds is 6. The Bertz CT molecular complexity index is 809. The van der Waals surface area contributed by atoms with Crippen molar-refractivity contribution in [3.05, 3.63) is 65.2 Å². The fourth-order valence-electron chi connectivity index (χ4n) is 2.38. The second-order valence-corrected chi connectivity index (χ2v) is 6.08. The SMILES string of the molecule is CCOC(=O)c1ccc(NC(=O)c2ccc(C(=O)NC3CC3)cc2)cc1. The number of hydrogen-bond donors (Lipinski definition) is 2. The van der Waals surface area contributed by atoms with E-state index in [4.69, 9.17) is 4.74 Å². The van der Waals surface area contributed by atoms with E-state index in [2.05, 4.69) is 10.6 Å². The zero-order valence-corrected chi connectivity index (χ0v) is 14.5. The van der Waals surface area contributed by atoms with Crippen molar-refractivity contribution in [2.24, 2.45) is 0 Å². The molecule has 0 aliphatic heterocycles. The van der Waals surface area contributed by atoms with Crippen LogP contribution >= 0.6 is 0 Å². The second kappa shape index (κ2) is 7.82. The Labute approximate surface area is 151 Å². The summed E-state index contributed by atoms with van der Waals surface area (Å²) in [6, 6.07) is 13.3. The summed E-state index contributed by atoms with van der Waals surface area (Å²) in [5, 5.41) is 5.66. The molecular weight excluding hydrogens is 332 g/mol. The number of benzene rings is 2. The molecule has 2 N–H and O–H groups in total. The Balaban J connectivity index is 1.60. The van der Waals surface area contributed by atoms with Crippen molar-refractivity contribution in [2.45, 2.75) is 25.8 Å². The van der Waals surface area contributed by atoms with E-state index < -0.39 is 5.97 Å². The molecule has 3 rings (SSSR count). The molecule has 2 aromatic rings. The first-order chi connectivity index (χ1) is 12.6. The zero-order valence-electron chi connectivity index (χ0n) is 14.5. The lowest BCUT2D eigenvalue weighted by Gasteiger charge is -2.08. The van der Waals surface area contributed by atoms with Gasteiger partial charge in [-0.1, -0.05) is 0 Å². The summed E-state index contributed by atoms with van der Waals surface area (Å²) >= 11 is 0. The lowest BCUT2D eigenvalue weighted by atomic mass is 10.1. The summed E-state index contributed by atoms with van der Waals surface area (Å²) in [4.78, 5) is 35.9. The van der Waals surface area contributed by atoms with Gasteiger partial charge in [0.1, 0.15) is 0 Å². The second-order valence-electron chi connectivity index (χ2n) is 6.08. The summed E-state index contributed by atoms with van der Waals surface area (Å²) in [6.45, 7) is 2.05. The van der Waals surface area contributed by atoms with E-state index >= 15 is 0 Å². The molecule has 0 unspecified atom stereocenters. The third-order valence-corrected chi connectivity index (χ3v) is 3.98. The van der Waals surface area contributed by atoms with Crippen molar-refractivity contribution in [3.63, 3.8) is 0 Å². The Hall–Kier alpha value is -3.15. The highest BCUT2D eigenvalue weighted by Crippen LogP contribution is 2.19. The first-order valence-corrected chi connectivity index (χ1v) is 8.56. The predicted molar refractivity (Wildman–Crippen MR) is 97.3 cm³/mol. The number of carbonyl (C=O) groups is 3. The highest BCUT2D eigenvalue weighted by atomic mass is 16.5. The van der Waals surface area contributed by atoms with Gasteiger partial charge in [0.05, 0.1) is 12.2 Å². The molecule has 1 aliphatic carbocycles. The molecule has 1 saturated carbocycles. The van der Waals surface area contributed by atoms with Crippen molar-refractivity contribution in [3.8, 4) is 0 Å². The maximum atomic E-state index is 12.3. The van der Waals surface area contributed by atoms with E-state index in [1.54, 1.807) is 55.5 Å². The lowest BCUT2D eigenvalue weighted by molar-refractivity contribution is 0.0526. The van der Waals surface area contributed by atoms with Gasteiger partial charge in [-0.05, 0) is 68.3 Å². The van der Waals surface area contributed by atoms with Crippen LogP contribution in [0, 0.1) is 0 Å². The molecular formula is C20H20N2O4. The van der Waals surface area contributed by atoms with Crippen molar-refractivity contribution in [2.75, 3.05) is 11.9 Å². The van der Waals surface area contributed by atoms with Crippen molar-refractivity contribution >= 4 is 23.5 Å². The average Bonchev–Trinajstić information content (AvgIpc) is 3.46. The molecule has 2 amide bonds. The fourth-order valence-corrected chi connectivity index (χ4v) is 2.38. The van der Waals surface area contributed by atoms with Crippen LogP contribution < -0.4 is 10.6 Å². The molecule has 0 saturated heterocycles. The van der Waals surface area contributed by atoms with Gasteiger partial charge in [-0.2, -0.15) is 0 Å². The molecule has 2 aromatic carbocycles. The number of amides is 2. The quantitative estimate of drug-likeness (QED) is 0.783. The minimum Gasteiger partial charge on any atom is -0.462 e. The monoisotopic (exact) mass is 352 g/mol. The highest BCUT2D eigenvalue weighted by Gasteiger charge is 2.23. The minimum atomic E-state index is -0.398. The molecule has 134 valence electrons. The third kappa shape index (κ3) is 4.47. The van der Waals surface area contributed by atoms with E-state index in [1.165, 1.54) is 0 Å². The van der Waals surface area contributed by atoms with Gasteiger partial charge >= 0.3 is 5.97 Å². The van der Waals surface area contributed by atoms with E-state index in [0.717, 1.165) is 12.8 Å². The molecule has 1 aliphatic rings. The van der Waals surface area contributed by atoms with E-state index in [1.807, 2.05) is 0 Å². The van der Waals surface area contributed by atoms with Gasteiger partial charge in [-0.3, -0.25) is 9.59 Å². The predicted octanol–water partition coefficient (Wildman–Crippen LogP) is 3.01. The molecule has 0 aromatic heterocycles. The summed E-state index contributed by atoms with van der Waals surface area (Å²) < 4.78 is 4.92. The van der Waals surface area contributed by atoms with Crippen LogP contribution in [0.3, 0.4) is 0 Å². The molecule has 0 bridgehead atoms. The van der Waals surface area contributed by atoms with Gasteiger partial charge in [-0.15, -0.1) is 0 Å². The standard InChI is InChI=1S/C20H20N2O4/c1-2-26-20(25)15-7-9-16(10-8-15)21-18(23)13-3-5-14(6-4-13)19(24)22-17-11-12-17/h3-10,17H,2,11-12H2,1H3,(H,21,23)(H,22,24). The van der Waals surface area contributed by atoms with Gasteiger partial charge in [0.25, 0.3) is 11.8 Å². The number of nitrogens with one attached hydrogen (secondary N) is 2. The molecule has 0 heterocycles. The van der Waals surface area contributed by atoms with Crippen LogP contribution in [0.1, 0.15) is 50.8 Å². The first kappa shape index (κ1) is 17.7. The van der Waals surface area contributed by atoms with Crippen LogP contribution in [0.5, 0.6) is 0 Å². The number of hydrogen-bond acceptors (Lipinski definition) is 4. The molecule has 6 nitrogen and oxygen atoms in total. The zero-order chi connectivity index (χ0) is 18.5. The smallest absolute Gasteiger partial charge is 0.338 e. The first-order valence-electron chi connectivity index (χ1n) is 8.56. The molecule has 26 heavy (non-hydrogen) atoms. The van der Waals surface area contributed by atoms with E-state index in [-0.39, 0.29) is 11.8 Å². The number of carbonyl (C=O) groups excluding carboxylic acids is 3. The van der Waals surface area contributed by atoms with Gasteiger partial charge in [0, 0.05) is 22.9 Å². The largest absolute Gasteiger partial charge is 0.462 e. The number of anilines is 1. The number of esters is 1. The topological polar surface area (TPSA) is 84.5 Å². The molecule has 0 atom stereocenters. The lowest BCUT2D eigenvalue weighted by Crippen LogP contribution is -2.25. The molecule has 0 spiro atoms. The molecule has 0 radical (unpaired) electrons.